The monoisotopic (exact) mass is 576 g/mol. The van der Waals surface area contributed by atoms with E-state index in [2.05, 4.69) is 22.5 Å². The highest BCUT2D eigenvalue weighted by atomic mass is 19.4. The molecular formula is C29H32F4N4O4. The van der Waals surface area contributed by atoms with Gasteiger partial charge < -0.3 is 30.2 Å². The summed E-state index contributed by atoms with van der Waals surface area (Å²) in [6.07, 6.45) is -5.81. The Bertz CT molecular complexity index is 1440. The second-order valence-corrected chi connectivity index (χ2v) is 10.0. The summed E-state index contributed by atoms with van der Waals surface area (Å²) in [6, 6.07) is 10.2. The topological polar surface area (TPSA) is 99.0 Å². The first-order valence-corrected chi connectivity index (χ1v) is 13.1. The molecule has 1 fully saturated rings. The smallest absolute Gasteiger partial charge is 0.406 e. The molecule has 0 saturated carbocycles. The van der Waals surface area contributed by atoms with E-state index in [4.69, 9.17) is 9.84 Å². The molecule has 8 nitrogen and oxygen atoms in total. The Morgan fingerprint density at radius 3 is 2.66 bits per heavy atom. The van der Waals surface area contributed by atoms with Crippen LogP contribution in [0.1, 0.15) is 29.4 Å². The number of likely N-dealkylation sites (tertiary alicyclic amines) is 1. The van der Waals surface area contributed by atoms with E-state index in [1.54, 1.807) is 31.2 Å². The Kier molecular flexibility index (Phi) is 9.30. The molecule has 0 amide bonds. The van der Waals surface area contributed by atoms with E-state index in [9.17, 15) is 27.5 Å². The third kappa shape index (κ3) is 7.62. The largest absolute Gasteiger partial charge is 0.495 e. The second-order valence-electron chi connectivity index (χ2n) is 10.0. The number of rotatable bonds is 9. The number of β-amino-alcohol motifs (C(OH)–C–C–N with tert-alkyl or cyclic N) is 1. The number of hydrogen-bond donors (Lipinski definition) is 4. The Morgan fingerprint density at radius 2 is 2.00 bits per heavy atom. The number of carboxylic acid groups (broad SMARTS) is 1. The van der Waals surface area contributed by atoms with Gasteiger partial charge in [-0.05, 0) is 55.7 Å². The van der Waals surface area contributed by atoms with Crippen LogP contribution >= 0.6 is 0 Å². The maximum Gasteiger partial charge on any atom is 0.406 e. The van der Waals surface area contributed by atoms with Gasteiger partial charge in [0.05, 0.1) is 48.3 Å². The number of carbonyl (C=O) groups is 1. The van der Waals surface area contributed by atoms with E-state index in [0.717, 1.165) is 4.57 Å². The molecule has 1 aliphatic heterocycles. The van der Waals surface area contributed by atoms with Gasteiger partial charge in [0.25, 0.3) is 0 Å². The van der Waals surface area contributed by atoms with Crippen molar-refractivity contribution in [2.75, 3.05) is 43.9 Å². The predicted octanol–water partition coefficient (Wildman–Crippen LogP) is 4.58. The zero-order chi connectivity index (χ0) is 29.7. The van der Waals surface area contributed by atoms with Gasteiger partial charge in [-0.25, -0.2) is 9.18 Å². The highest BCUT2D eigenvalue weighted by molar-refractivity contribution is 5.94. The number of aromatic carboxylic acids is 1. The van der Waals surface area contributed by atoms with Gasteiger partial charge in [0.15, 0.2) is 0 Å². The van der Waals surface area contributed by atoms with Crippen molar-refractivity contribution in [1.82, 2.24) is 9.47 Å². The van der Waals surface area contributed by atoms with Crippen molar-refractivity contribution in [2.24, 2.45) is 0 Å². The van der Waals surface area contributed by atoms with Crippen LogP contribution in [0.2, 0.25) is 0 Å². The maximum absolute atomic E-state index is 15.0. The molecule has 2 heterocycles. The number of ether oxygens (including phenoxy) is 1. The van der Waals surface area contributed by atoms with Gasteiger partial charge in [0.2, 0.25) is 0 Å². The fourth-order valence-electron chi connectivity index (χ4n) is 4.98. The molecular weight excluding hydrogens is 544 g/mol. The van der Waals surface area contributed by atoms with Crippen molar-refractivity contribution < 1.29 is 37.3 Å². The summed E-state index contributed by atoms with van der Waals surface area (Å²) in [6.45, 7) is 1.57. The number of anilines is 2. The molecule has 3 aromatic rings. The fraction of sp³-hybridized carbons (Fsp3) is 0.414. The summed E-state index contributed by atoms with van der Waals surface area (Å²) in [5.74, 6) is 4.82. The van der Waals surface area contributed by atoms with E-state index in [1.165, 1.54) is 25.3 Å². The molecule has 0 bridgehead atoms. The van der Waals surface area contributed by atoms with Gasteiger partial charge in [-0.3, -0.25) is 4.90 Å². The summed E-state index contributed by atoms with van der Waals surface area (Å²) in [4.78, 5) is 13.0. The molecule has 1 aromatic heterocycles. The number of aliphatic hydroxyl groups is 1. The molecule has 1 saturated heterocycles. The maximum atomic E-state index is 15.0. The van der Waals surface area contributed by atoms with Crippen LogP contribution in [0.25, 0.3) is 10.9 Å². The van der Waals surface area contributed by atoms with Crippen molar-refractivity contribution in [3.63, 3.8) is 0 Å². The van der Waals surface area contributed by atoms with E-state index in [1.807, 2.05) is 4.90 Å². The van der Waals surface area contributed by atoms with Crippen LogP contribution < -0.4 is 15.4 Å². The lowest BCUT2D eigenvalue weighted by molar-refractivity contribution is -0.140. The molecule has 2 aromatic carbocycles. The first-order chi connectivity index (χ1) is 19.4. The molecule has 41 heavy (non-hydrogen) atoms. The molecule has 220 valence electrons. The van der Waals surface area contributed by atoms with Gasteiger partial charge >= 0.3 is 12.1 Å². The average Bonchev–Trinajstić information content (AvgIpc) is 3.24. The van der Waals surface area contributed by atoms with Gasteiger partial charge in [0, 0.05) is 30.7 Å². The van der Waals surface area contributed by atoms with Crippen LogP contribution in [0.15, 0.2) is 42.5 Å². The van der Waals surface area contributed by atoms with Crippen LogP contribution in [0.4, 0.5) is 28.9 Å². The first kappa shape index (κ1) is 30.0. The fourth-order valence-corrected chi connectivity index (χ4v) is 4.98. The number of fused-ring (bicyclic) bond motifs is 1. The van der Waals surface area contributed by atoms with E-state index >= 15 is 0 Å². The molecule has 12 heteroatoms. The van der Waals surface area contributed by atoms with Crippen molar-refractivity contribution in [1.29, 1.82) is 0 Å². The van der Waals surface area contributed by atoms with E-state index in [-0.39, 0.29) is 30.1 Å². The number of nitrogens with one attached hydrogen (secondary N) is 2. The minimum Gasteiger partial charge on any atom is -0.495 e. The minimum atomic E-state index is -4.50. The van der Waals surface area contributed by atoms with Crippen LogP contribution in [-0.2, 0) is 6.54 Å². The lowest BCUT2D eigenvalue weighted by atomic mass is 10.0. The van der Waals surface area contributed by atoms with Crippen molar-refractivity contribution >= 4 is 28.2 Å². The number of methoxy groups -OCH3 is 1. The van der Waals surface area contributed by atoms with Crippen LogP contribution in [0, 0.1) is 11.8 Å². The van der Waals surface area contributed by atoms with Gasteiger partial charge in [-0.2, -0.15) is 13.2 Å². The molecule has 0 spiro atoms. The summed E-state index contributed by atoms with van der Waals surface area (Å²) >= 11 is 0. The lowest BCUT2D eigenvalue weighted by Gasteiger charge is -2.36. The van der Waals surface area contributed by atoms with Crippen LogP contribution in [0.5, 0.6) is 5.75 Å². The number of alkyl halides is 4. The number of aliphatic hydroxyl groups excluding tert-OH is 1. The molecule has 4 rings (SSSR count). The third-order valence-electron chi connectivity index (χ3n) is 6.80. The van der Waals surface area contributed by atoms with Crippen LogP contribution in [-0.4, -0.2) is 83.4 Å². The summed E-state index contributed by atoms with van der Waals surface area (Å²) in [5.41, 5.74) is 1.51. The van der Waals surface area contributed by atoms with Crippen molar-refractivity contribution in [2.45, 2.75) is 44.4 Å². The van der Waals surface area contributed by atoms with E-state index < -0.39 is 37.0 Å². The molecule has 0 aliphatic carbocycles. The van der Waals surface area contributed by atoms with E-state index in [0.29, 0.717) is 41.8 Å². The molecule has 4 N–H and O–H groups in total. The van der Waals surface area contributed by atoms with Crippen molar-refractivity contribution in [3.8, 4) is 17.6 Å². The number of hydrogen-bond acceptors (Lipinski definition) is 6. The number of nitrogens with zero attached hydrogens (tertiary/aromatic N) is 2. The summed E-state index contributed by atoms with van der Waals surface area (Å²) in [7, 11) is 1.39. The molecule has 1 aliphatic rings. The van der Waals surface area contributed by atoms with Crippen molar-refractivity contribution in [3.05, 3.63) is 53.7 Å². The molecule has 0 unspecified atom stereocenters. The van der Waals surface area contributed by atoms with Gasteiger partial charge in [-0.1, -0.05) is 12.0 Å². The standard InChI is InChI=1S/C29H32F4N4O4/c1-18(38)15-36-12-10-24(22(30)16-36)35-23-6-3-7-26-21(23)14-20(37(26)17-29(31,32)33)5-4-11-34-25-9-8-19(28(39)40)13-27(25)41-2/h3,6-9,13-14,18,22,24,34-35,38H,10-12,15-17H2,1-2H3,(H,39,40)/t18-,22+,24-/m0/s1. The normalized spacial score (nSPS) is 18.4. The predicted molar refractivity (Wildman–Crippen MR) is 148 cm³/mol. The summed E-state index contributed by atoms with van der Waals surface area (Å²) in [5, 5.41) is 25.4. The Balaban J connectivity index is 1.57. The number of carboxylic acids is 1. The Morgan fingerprint density at radius 1 is 1.22 bits per heavy atom. The average molecular weight is 577 g/mol. The second kappa shape index (κ2) is 12.7. The quantitative estimate of drug-likeness (QED) is 0.219. The SMILES string of the molecule is COc1cc(C(=O)O)ccc1NCC#Cc1cc2c(N[C@H]3CCN(C[C@H](C)O)C[C@H]3F)cccc2n1CC(F)(F)F. The van der Waals surface area contributed by atoms with Gasteiger partial charge in [0.1, 0.15) is 18.5 Å². The molecule has 3 atom stereocenters. The number of piperidine rings is 1. The number of aromatic nitrogens is 1. The first-order valence-electron chi connectivity index (χ1n) is 13.1. The summed E-state index contributed by atoms with van der Waals surface area (Å²) < 4.78 is 61.9. The van der Waals surface area contributed by atoms with Crippen LogP contribution in [0.3, 0.4) is 0 Å². The minimum absolute atomic E-state index is 0.0453. The molecule has 0 radical (unpaired) electrons. The highest BCUT2D eigenvalue weighted by Crippen LogP contribution is 2.32. The Labute approximate surface area is 234 Å². The zero-order valence-corrected chi connectivity index (χ0v) is 22.6. The Hall–Kier alpha value is -3.95. The number of halogens is 4. The third-order valence-corrected chi connectivity index (χ3v) is 6.80. The van der Waals surface area contributed by atoms with Gasteiger partial charge in [-0.15, -0.1) is 0 Å². The zero-order valence-electron chi connectivity index (χ0n) is 22.6. The lowest BCUT2D eigenvalue weighted by Crippen LogP contribution is -2.49. The number of benzene rings is 2. The highest BCUT2D eigenvalue weighted by Gasteiger charge is 2.32.